The lowest BCUT2D eigenvalue weighted by atomic mass is 10.3. The second-order valence-electron chi connectivity index (χ2n) is 3.56. The van der Waals surface area contributed by atoms with Gasteiger partial charge in [0.15, 0.2) is 5.16 Å². The Hall–Kier alpha value is -1.36. The lowest BCUT2D eigenvalue weighted by molar-refractivity contribution is -0.143. The van der Waals surface area contributed by atoms with E-state index in [4.69, 9.17) is 5.11 Å². The Morgan fingerprint density at radius 3 is 2.65 bits per heavy atom. The topological polar surface area (TPSA) is 77.2 Å². The number of aliphatic carboxylic acids is 1. The monoisotopic (exact) mass is 317 g/mol. The number of carboxylic acid groups (broad SMARTS) is 1. The van der Waals surface area contributed by atoms with Crippen LogP contribution in [0.3, 0.4) is 0 Å². The highest BCUT2D eigenvalue weighted by Gasteiger charge is 2.48. The molecule has 0 saturated carbocycles. The summed E-state index contributed by atoms with van der Waals surface area (Å²) in [5, 5.41) is 14.7. The van der Waals surface area contributed by atoms with Crippen LogP contribution in [0.25, 0.3) is 0 Å². The molecular weight excluding hydrogens is 306 g/mol. The third-order valence-corrected chi connectivity index (χ3v) is 3.08. The standard InChI is InChI=1S/C9H11F4N3O3S/c1-19-3-2-16-7(9(12,13)6(10)11)14-15-8(16)20-4-5(17)18/h6H,2-4H2,1H3,(H,17,18). The Kier molecular flexibility index (Phi) is 5.74. The number of hydrogen-bond donors (Lipinski definition) is 1. The molecule has 1 aromatic heterocycles. The zero-order valence-corrected chi connectivity index (χ0v) is 11.0. The Morgan fingerprint density at radius 2 is 2.15 bits per heavy atom. The summed E-state index contributed by atoms with van der Waals surface area (Å²) in [5.41, 5.74) is 0. The number of hydrogen-bond acceptors (Lipinski definition) is 5. The van der Waals surface area contributed by atoms with E-state index in [9.17, 15) is 22.4 Å². The average molecular weight is 317 g/mol. The summed E-state index contributed by atoms with van der Waals surface area (Å²) in [6, 6.07) is 0. The first-order chi connectivity index (χ1) is 9.30. The average Bonchev–Trinajstić information content (AvgIpc) is 2.77. The van der Waals surface area contributed by atoms with E-state index in [1.165, 1.54) is 7.11 Å². The molecule has 114 valence electrons. The van der Waals surface area contributed by atoms with E-state index in [0.717, 1.165) is 4.57 Å². The number of methoxy groups -OCH3 is 1. The fraction of sp³-hybridized carbons (Fsp3) is 0.667. The lowest BCUT2D eigenvalue weighted by Gasteiger charge is -2.16. The molecule has 1 rings (SSSR count). The highest BCUT2D eigenvalue weighted by Crippen LogP contribution is 2.34. The van der Waals surface area contributed by atoms with Crippen LogP contribution in [0.4, 0.5) is 17.6 Å². The van der Waals surface area contributed by atoms with Gasteiger partial charge in [0.1, 0.15) is 0 Å². The molecule has 6 nitrogen and oxygen atoms in total. The molecule has 0 saturated heterocycles. The molecule has 0 aliphatic heterocycles. The van der Waals surface area contributed by atoms with Gasteiger partial charge in [0.25, 0.3) is 0 Å². The molecule has 0 bridgehead atoms. The van der Waals surface area contributed by atoms with Gasteiger partial charge in [0, 0.05) is 13.7 Å². The molecule has 1 N–H and O–H groups in total. The van der Waals surface area contributed by atoms with E-state index >= 15 is 0 Å². The van der Waals surface area contributed by atoms with E-state index in [0.29, 0.717) is 11.8 Å². The van der Waals surface area contributed by atoms with Gasteiger partial charge in [-0.25, -0.2) is 8.78 Å². The molecular formula is C9H11F4N3O3S. The minimum atomic E-state index is -4.47. The second kappa shape index (κ2) is 6.88. The first-order valence-corrected chi connectivity index (χ1v) is 6.22. The van der Waals surface area contributed by atoms with Gasteiger partial charge in [-0.05, 0) is 0 Å². The van der Waals surface area contributed by atoms with Gasteiger partial charge < -0.3 is 9.84 Å². The molecule has 1 heterocycles. The highest BCUT2D eigenvalue weighted by atomic mass is 32.2. The van der Waals surface area contributed by atoms with Crippen LogP contribution in [0.15, 0.2) is 5.16 Å². The predicted molar refractivity (Wildman–Crippen MR) is 60.2 cm³/mol. The van der Waals surface area contributed by atoms with Gasteiger partial charge in [-0.15, -0.1) is 10.2 Å². The zero-order chi connectivity index (χ0) is 15.3. The van der Waals surface area contributed by atoms with Gasteiger partial charge in [-0.1, -0.05) is 11.8 Å². The smallest absolute Gasteiger partial charge is 0.365 e. The van der Waals surface area contributed by atoms with Crippen molar-refractivity contribution in [1.29, 1.82) is 0 Å². The molecule has 0 unspecified atom stereocenters. The molecule has 0 aliphatic carbocycles. The van der Waals surface area contributed by atoms with Gasteiger partial charge in [0.05, 0.1) is 12.4 Å². The number of aromatic nitrogens is 3. The fourth-order valence-corrected chi connectivity index (χ4v) is 1.93. The Morgan fingerprint density at radius 1 is 1.50 bits per heavy atom. The van der Waals surface area contributed by atoms with Crippen molar-refractivity contribution in [3.63, 3.8) is 0 Å². The summed E-state index contributed by atoms with van der Waals surface area (Å²) in [6.07, 6.45) is -3.94. The maximum Gasteiger partial charge on any atom is 0.365 e. The van der Waals surface area contributed by atoms with E-state index < -0.39 is 29.9 Å². The van der Waals surface area contributed by atoms with Gasteiger partial charge in [0.2, 0.25) is 5.82 Å². The maximum absolute atomic E-state index is 13.3. The predicted octanol–water partition coefficient (Wildman–Crippen LogP) is 1.46. The van der Waals surface area contributed by atoms with Crippen LogP contribution < -0.4 is 0 Å². The summed E-state index contributed by atoms with van der Waals surface area (Å²) in [5.74, 6) is -7.33. The van der Waals surface area contributed by atoms with Crippen molar-refractivity contribution in [3.8, 4) is 0 Å². The van der Waals surface area contributed by atoms with E-state index in [-0.39, 0.29) is 18.3 Å². The third kappa shape index (κ3) is 3.82. The number of carboxylic acids is 1. The number of rotatable bonds is 8. The highest BCUT2D eigenvalue weighted by molar-refractivity contribution is 7.99. The van der Waals surface area contributed by atoms with Crippen LogP contribution in [0, 0.1) is 0 Å². The Labute approximate surface area is 115 Å². The SMILES string of the molecule is COCCn1c(SCC(=O)O)nnc1C(F)(F)C(F)F. The quantitative estimate of drug-likeness (QED) is 0.578. The molecule has 1 aromatic rings. The number of nitrogens with zero attached hydrogens (tertiary/aromatic N) is 3. The third-order valence-electron chi connectivity index (χ3n) is 2.13. The number of alkyl halides is 4. The summed E-state index contributed by atoms with van der Waals surface area (Å²) < 4.78 is 56.8. The summed E-state index contributed by atoms with van der Waals surface area (Å²) in [4.78, 5) is 10.4. The Bertz CT molecular complexity index is 469. The van der Waals surface area contributed by atoms with Crippen molar-refractivity contribution < 1.29 is 32.2 Å². The normalized spacial score (nSPS) is 12.1. The number of ether oxygens (including phenoxy) is 1. The number of halogens is 4. The van der Waals surface area contributed by atoms with Crippen molar-refractivity contribution in [2.75, 3.05) is 19.5 Å². The summed E-state index contributed by atoms with van der Waals surface area (Å²) >= 11 is 0.610. The molecule has 0 radical (unpaired) electrons. The molecule has 20 heavy (non-hydrogen) atoms. The maximum atomic E-state index is 13.3. The number of carbonyl (C=O) groups is 1. The fourth-order valence-electron chi connectivity index (χ4n) is 1.25. The van der Waals surface area contributed by atoms with Gasteiger partial charge >= 0.3 is 18.3 Å². The molecule has 11 heteroatoms. The molecule has 0 aromatic carbocycles. The molecule has 0 spiro atoms. The van der Waals surface area contributed by atoms with Crippen molar-refractivity contribution >= 4 is 17.7 Å². The molecule has 0 atom stereocenters. The lowest BCUT2D eigenvalue weighted by Crippen LogP contribution is -2.29. The van der Waals surface area contributed by atoms with Crippen molar-refractivity contribution in [1.82, 2.24) is 14.8 Å². The Balaban J connectivity index is 3.08. The van der Waals surface area contributed by atoms with Crippen LogP contribution >= 0.6 is 11.8 Å². The van der Waals surface area contributed by atoms with Crippen molar-refractivity contribution in [3.05, 3.63) is 5.82 Å². The van der Waals surface area contributed by atoms with E-state index in [1.54, 1.807) is 0 Å². The van der Waals surface area contributed by atoms with Gasteiger partial charge in [-0.2, -0.15) is 8.78 Å². The molecule has 0 amide bonds. The summed E-state index contributed by atoms with van der Waals surface area (Å²) in [7, 11) is 1.30. The summed E-state index contributed by atoms with van der Waals surface area (Å²) in [6.45, 7) is -0.228. The number of thioether (sulfide) groups is 1. The van der Waals surface area contributed by atoms with Crippen molar-refractivity contribution in [2.24, 2.45) is 0 Å². The molecule has 0 aliphatic rings. The van der Waals surface area contributed by atoms with Crippen LogP contribution in [-0.2, 0) is 22.0 Å². The minimum Gasteiger partial charge on any atom is -0.481 e. The van der Waals surface area contributed by atoms with Crippen molar-refractivity contribution in [2.45, 2.75) is 24.0 Å². The van der Waals surface area contributed by atoms with Crippen LogP contribution in [0.2, 0.25) is 0 Å². The van der Waals surface area contributed by atoms with Crippen LogP contribution in [0.5, 0.6) is 0 Å². The largest absolute Gasteiger partial charge is 0.481 e. The van der Waals surface area contributed by atoms with Gasteiger partial charge in [-0.3, -0.25) is 9.36 Å². The minimum absolute atomic E-state index is 0.0367. The van der Waals surface area contributed by atoms with E-state index in [1.807, 2.05) is 0 Å². The second-order valence-corrected chi connectivity index (χ2v) is 4.50. The van der Waals surface area contributed by atoms with Crippen LogP contribution in [-0.4, -0.2) is 51.7 Å². The first kappa shape index (κ1) is 16.7. The molecule has 0 fully saturated rings. The zero-order valence-electron chi connectivity index (χ0n) is 10.2. The first-order valence-electron chi connectivity index (χ1n) is 5.23. The van der Waals surface area contributed by atoms with Crippen LogP contribution in [0.1, 0.15) is 5.82 Å². The van der Waals surface area contributed by atoms with E-state index in [2.05, 4.69) is 14.9 Å².